The van der Waals surface area contributed by atoms with Crippen LogP contribution in [0, 0.1) is 6.92 Å². The van der Waals surface area contributed by atoms with E-state index >= 15 is 0 Å². The standard InChI is InChI=1S/C14H16N2O3S/c1-9-12(20-8-15-9)7-16(2)14(18)10-5-4-6-11(19-3)13(10)17/h4-6,8,17H,7H2,1-3H3. The van der Waals surface area contributed by atoms with Crippen LogP contribution >= 0.6 is 11.3 Å². The number of phenols is 1. The minimum Gasteiger partial charge on any atom is -0.504 e. The molecule has 1 amide bonds. The second kappa shape index (κ2) is 5.92. The Hall–Kier alpha value is -2.08. The number of nitrogens with zero attached hydrogens (tertiary/aromatic N) is 2. The van der Waals surface area contributed by atoms with E-state index in [1.165, 1.54) is 18.4 Å². The Balaban J connectivity index is 2.21. The summed E-state index contributed by atoms with van der Waals surface area (Å²) in [5.41, 5.74) is 2.91. The first-order valence-electron chi connectivity index (χ1n) is 6.05. The van der Waals surface area contributed by atoms with Crippen molar-refractivity contribution in [2.45, 2.75) is 13.5 Å². The molecular formula is C14H16N2O3S. The largest absolute Gasteiger partial charge is 0.504 e. The minimum atomic E-state index is -0.255. The summed E-state index contributed by atoms with van der Waals surface area (Å²) in [6, 6.07) is 4.87. The van der Waals surface area contributed by atoms with Gasteiger partial charge in [-0.1, -0.05) is 6.07 Å². The molecule has 2 aromatic rings. The minimum absolute atomic E-state index is 0.132. The maximum atomic E-state index is 12.4. The zero-order valence-corrected chi connectivity index (χ0v) is 12.4. The lowest BCUT2D eigenvalue weighted by Crippen LogP contribution is -2.26. The predicted octanol–water partition coefficient (Wildman–Crippen LogP) is 2.44. The van der Waals surface area contributed by atoms with Crippen LogP contribution in [0.4, 0.5) is 0 Å². The van der Waals surface area contributed by atoms with Gasteiger partial charge < -0.3 is 14.7 Å². The summed E-state index contributed by atoms with van der Waals surface area (Å²) in [6.07, 6.45) is 0. The summed E-state index contributed by atoms with van der Waals surface area (Å²) in [5, 5.41) is 10.0. The third-order valence-electron chi connectivity index (χ3n) is 3.02. The molecule has 0 radical (unpaired) electrons. The molecule has 1 N–H and O–H groups in total. The average molecular weight is 292 g/mol. The van der Waals surface area contributed by atoms with Gasteiger partial charge >= 0.3 is 0 Å². The molecule has 1 heterocycles. The Morgan fingerprint density at radius 2 is 2.25 bits per heavy atom. The molecule has 1 aromatic heterocycles. The highest BCUT2D eigenvalue weighted by molar-refractivity contribution is 7.09. The lowest BCUT2D eigenvalue weighted by atomic mass is 10.1. The molecule has 0 spiro atoms. The number of rotatable bonds is 4. The van der Waals surface area contributed by atoms with Crippen molar-refractivity contribution in [1.82, 2.24) is 9.88 Å². The van der Waals surface area contributed by atoms with Crippen molar-refractivity contribution in [2.24, 2.45) is 0 Å². The van der Waals surface area contributed by atoms with E-state index in [9.17, 15) is 9.90 Å². The van der Waals surface area contributed by atoms with E-state index in [-0.39, 0.29) is 17.2 Å². The summed E-state index contributed by atoms with van der Waals surface area (Å²) in [7, 11) is 3.15. The summed E-state index contributed by atoms with van der Waals surface area (Å²) in [4.78, 5) is 19.1. The van der Waals surface area contributed by atoms with Crippen molar-refractivity contribution in [2.75, 3.05) is 14.2 Å². The van der Waals surface area contributed by atoms with E-state index in [2.05, 4.69) is 4.98 Å². The van der Waals surface area contributed by atoms with Gasteiger partial charge in [0.1, 0.15) is 0 Å². The molecule has 0 fully saturated rings. The number of para-hydroxylation sites is 1. The number of thiazole rings is 1. The van der Waals surface area contributed by atoms with Gasteiger partial charge in [0.05, 0.1) is 30.4 Å². The van der Waals surface area contributed by atoms with Gasteiger partial charge in [0, 0.05) is 11.9 Å². The highest BCUT2D eigenvalue weighted by atomic mass is 32.1. The fourth-order valence-electron chi connectivity index (χ4n) is 1.83. The second-order valence-electron chi connectivity index (χ2n) is 4.38. The lowest BCUT2D eigenvalue weighted by Gasteiger charge is -2.18. The van der Waals surface area contributed by atoms with E-state index < -0.39 is 0 Å². The SMILES string of the molecule is COc1cccc(C(=O)N(C)Cc2scnc2C)c1O. The first-order chi connectivity index (χ1) is 9.54. The number of carbonyl (C=O) groups excluding carboxylic acids is 1. The van der Waals surface area contributed by atoms with Crippen molar-refractivity contribution < 1.29 is 14.6 Å². The predicted molar refractivity (Wildman–Crippen MR) is 77.3 cm³/mol. The van der Waals surface area contributed by atoms with Gasteiger partial charge in [-0.3, -0.25) is 4.79 Å². The highest BCUT2D eigenvalue weighted by Crippen LogP contribution is 2.30. The van der Waals surface area contributed by atoms with E-state index in [4.69, 9.17) is 4.74 Å². The molecule has 5 nitrogen and oxygen atoms in total. The van der Waals surface area contributed by atoms with Gasteiger partial charge in [0.25, 0.3) is 5.91 Å². The number of phenolic OH excluding ortho intramolecular Hbond substituents is 1. The molecule has 0 unspecified atom stereocenters. The van der Waals surface area contributed by atoms with Gasteiger partial charge in [-0.15, -0.1) is 11.3 Å². The Kier molecular flexibility index (Phi) is 4.24. The van der Waals surface area contributed by atoms with Crippen molar-refractivity contribution >= 4 is 17.2 Å². The second-order valence-corrected chi connectivity index (χ2v) is 5.32. The van der Waals surface area contributed by atoms with Crippen molar-refractivity contribution in [3.63, 3.8) is 0 Å². The lowest BCUT2D eigenvalue weighted by molar-refractivity contribution is 0.0782. The molecule has 0 bridgehead atoms. The molecular weight excluding hydrogens is 276 g/mol. The number of hydrogen-bond donors (Lipinski definition) is 1. The average Bonchev–Trinajstić information content (AvgIpc) is 2.84. The fraction of sp³-hybridized carbons (Fsp3) is 0.286. The van der Waals surface area contributed by atoms with Crippen molar-refractivity contribution in [3.8, 4) is 11.5 Å². The molecule has 0 aliphatic rings. The number of aryl methyl sites for hydroxylation is 1. The van der Waals surface area contributed by atoms with Crippen LogP contribution in [0.3, 0.4) is 0 Å². The number of aromatic hydroxyl groups is 1. The molecule has 0 atom stereocenters. The number of hydrogen-bond acceptors (Lipinski definition) is 5. The molecule has 20 heavy (non-hydrogen) atoms. The zero-order valence-electron chi connectivity index (χ0n) is 11.6. The van der Waals surface area contributed by atoms with E-state index in [0.29, 0.717) is 12.3 Å². The maximum absolute atomic E-state index is 12.4. The molecule has 2 rings (SSSR count). The van der Waals surface area contributed by atoms with E-state index in [0.717, 1.165) is 10.6 Å². The van der Waals surface area contributed by atoms with Gasteiger partial charge in [0.15, 0.2) is 11.5 Å². The molecule has 1 aromatic carbocycles. The van der Waals surface area contributed by atoms with Crippen molar-refractivity contribution in [1.29, 1.82) is 0 Å². The quantitative estimate of drug-likeness (QED) is 0.940. The Morgan fingerprint density at radius 3 is 2.85 bits per heavy atom. The molecule has 6 heteroatoms. The Labute approximate surface area is 121 Å². The topological polar surface area (TPSA) is 62.7 Å². The molecule has 0 aliphatic carbocycles. The van der Waals surface area contributed by atoms with Gasteiger partial charge in [-0.25, -0.2) is 4.98 Å². The molecule has 0 aliphatic heterocycles. The molecule has 106 valence electrons. The fourth-order valence-corrected chi connectivity index (χ4v) is 2.66. The third-order valence-corrected chi connectivity index (χ3v) is 3.94. The number of amides is 1. The van der Waals surface area contributed by atoms with E-state index in [1.54, 1.807) is 35.7 Å². The van der Waals surface area contributed by atoms with Gasteiger partial charge in [0.2, 0.25) is 0 Å². The zero-order chi connectivity index (χ0) is 14.7. The first kappa shape index (κ1) is 14.3. The number of aromatic nitrogens is 1. The Morgan fingerprint density at radius 1 is 1.50 bits per heavy atom. The van der Waals surface area contributed by atoms with Crippen LogP contribution in [0.2, 0.25) is 0 Å². The number of methoxy groups -OCH3 is 1. The van der Waals surface area contributed by atoms with Crippen LogP contribution < -0.4 is 4.74 Å². The summed E-state index contributed by atoms with van der Waals surface area (Å²) >= 11 is 1.51. The normalized spacial score (nSPS) is 10.3. The van der Waals surface area contributed by atoms with Crippen LogP contribution in [0.5, 0.6) is 11.5 Å². The van der Waals surface area contributed by atoms with E-state index in [1.807, 2.05) is 6.92 Å². The molecule has 0 saturated carbocycles. The monoisotopic (exact) mass is 292 g/mol. The number of benzene rings is 1. The van der Waals surface area contributed by atoms with Crippen LogP contribution in [0.1, 0.15) is 20.9 Å². The van der Waals surface area contributed by atoms with Crippen LogP contribution in [0.15, 0.2) is 23.7 Å². The Bertz CT molecular complexity index is 625. The van der Waals surface area contributed by atoms with Crippen LogP contribution in [-0.4, -0.2) is 35.1 Å². The van der Waals surface area contributed by atoms with Gasteiger partial charge in [-0.2, -0.15) is 0 Å². The maximum Gasteiger partial charge on any atom is 0.257 e. The molecule has 0 saturated heterocycles. The summed E-state index contributed by atoms with van der Waals surface area (Å²) in [5.74, 6) is -0.0969. The highest BCUT2D eigenvalue weighted by Gasteiger charge is 2.19. The van der Waals surface area contributed by atoms with Crippen LogP contribution in [-0.2, 0) is 6.54 Å². The smallest absolute Gasteiger partial charge is 0.257 e. The first-order valence-corrected chi connectivity index (χ1v) is 6.93. The van der Waals surface area contributed by atoms with Crippen LogP contribution in [0.25, 0.3) is 0 Å². The number of carbonyl (C=O) groups is 1. The van der Waals surface area contributed by atoms with Crippen molar-refractivity contribution in [3.05, 3.63) is 39.8 Å². The third kappa shape index (κ3) is 2.75. The summed E-state index contributed by atoms with van der Waals surface area (Å²) < 4.78 is 5.01. The number of ether oxygens (including phenoxy) is 1. The summed E-state index contributed by atoms with van der Waals surface area (Å²) in [6.45, 7) is 2.37. The van der Waals surface area contributed by atoms with Gasteiger partial charge in [-0.05, 0) is 19.1 Å².